The second-order valence-electron chi connectivity index (χ2n) is 6.57. The van der Waals surface area contributed by atoms with Crippen molar-refractivity contribution in [2.75, 3.05) is 19.8 Å². The van der Waals surface area contributed by atoms with Crippen LogP contribution in [-0.4, -0.2) is 19.8 Å². The highest BCUT2D eigenvalue weighted by Crippen LogP contribution is 2.41. The molecule has 0 bridgehead atoms. The van der Waals surface area contributed by atoms with Gasteiger partial charge in [-0.05, 0) is 49.3 Å². The van der Waals surface area contributed by atoms with Crippen LogP contribution in [-0.2, 0) is 0 Å². The molecule has 21 heavy (non-hydrogen) atoms. The van der Waals surface area contributed by atoms with Gasteiger partial charge in [0.15, 0.2) is 11.5 Å². The molecule has 0 aromatic heterocycles. The van der Waals surface area contributed by atoms with Crippen molar-refractivity contribution in [3.8, 4) is 11.5 Å². The molecule has 0 radical (unpaired) electrons. The molecule has 3 rings (SSSR count). The molecule has 1 heterocycles. The number of benzene rings is 1. The molecule has 3 heteroatoms. The van der Waals surface area contributed by atoms with E-state index in [-0.39, 0.29) is 0 Å². The van der Waals surface area contributed by atoms with Gasteiger partial charge in [-0.3, -0.25) is 0 Å². The summed E-state index contributed by atoms with van der Waals surface area (Å²) in [5.74, 6) is 1.76. The molecule has 1 atom stereocenters. The number of rotatable bonds is 5. The van der Waals surface area contributed by atoms with Gasteiger partial charge in [0.25, 0.3) is 0 Å². The summed E-state index contributed by atoms with van der Waals surface area (Å²) in [6.45, 7) is 7.00. The molecule has 1 fully saturated rings. The van der Waals surface area contributed by atoms with E-state index in [0.717, 1.165) is 18.0 Å². The van der Waals surface area contributed by atoms with Crippen LogP contribution in [0.25, 0.3) is 0 Å². The number of hydrogen-bond acceptors (Lipinski definition) is 3. The number of hydrogen-bond donors (Lipinski definition) is 1. The summed E-state index contributed by atoms with van der Waals surface area (Å²) in [6, 6.07) is 6.66. The molecule has 1 aliphatic heterocycles. The second-order valence-corrected chi connectivity index (χ2v) is 6.57. The Bertz CT molecular complexity index is 480. The first-order valence-electron chi connectivity index (χ1n) is 8.35. The molecule has 1 unspecified atom stereocenters. The Morgan fingerprint density at radius 2 is 1.86 bits per heavy atom. The first-order valence-corrected chi connectivity index (χ1v) is 8.35. The molecule has 2 aliphatic rings. The molecular formula is C18H27NO2. The first kappa shape index (κ1) is 14.7. The van der Waals surface area contributed by atoms with Gasteiger partial charge >= 0.3 is 0 Å². The van der Waals surface area contributed by atoms with Crippen LogP contribution in [0.2, 0.25) is 0 Å². The largest absolute Gasteiger partial charge is 0.486 e. The van der Waals surface area contributed by atoms with Crippen molar-refractivity contribution in [1.82, 2.24) is 5.32 Å². The summed E-state index contributed by atoms with van der Waals surface area (Å²) in [5.41, 5.74) is 1.81. The molecule has 116 valence electrons. The average molecular weight is 289 g/mol. The van der Waals surface area contributed by atoms with Crippen molar-refractivity contribution in [2.24, 2.45) is 5.41 Å². The van der Waals surface area contributed by atoms with Gasteiger partial charge in [0.1, 0.15) is 13.2 Å². The Labute approximate surface area is 128 Å². The van der Waals surface area contributed by atoms with Crippen LogP contribution in [0.1, 0.15) is 57.6 Å². The Morgan fingerprint density at radius 1 is 1.14 bits per heavy atom. The Morgan fingerprint density at radius 3 is 2.57 bits per heavy atom. The number of ether oxygens (including phenoxy) is 2. The molecule has 0 saturated heterocycles. The van der Waals surface area contributed by atoms with Crippen LogP contribution >= 0.6 is 0 Å². The Balaban J connectivity index is 1.63. The predicted molar refractivity (Wildman–Crippen MR) is 85.0 cm³/mol. The highest BCUT2D eigenvalue weighted by molar-refractivity contribution is 5.44. The highest BCUT2D eigenvalue weighted by atomic mass is 16.6. The fourth-order valence-corrected chi connectivity index (χ4v) is 3.60. The van der Waals surface area contributed by atoms with Gasteiger partial charge in [-0.25, -0.2) is 0 Å². The summed E-state index contributed by atoms with van der Waals surface area (Å²) in [5, 5.41) is 3.74. The first-order chi connectivity index (χ1) is 10.2. The van der Waals surface area contributed by atoms with Crippen LogP contribution in [0, 0.1) is 5.41 Å². The molecule has 1 aromatic carbocycles. The maximum absolute atomic E-state index is 5.68. The molecule has 0 spiro atoms. The van der Waals surface area contributed by atoms with Gasteiger partial charge in [-0.2, -0.15) is 0 Å². The molecule has 3 nitrogen and oxygen atoms in total. The summed E-state index contributed by atoms with van der Waals surface area (Å²) >= 11 is 0. The fraction of sp³-hybridized carbons (Fsp3) is 0.667. The van der Waals surface area contributed by atoms with Crippen LogP contribution < -0.4 is 14.8 Å². The van der Waals surface area contributed by atoms with Gasteiger partial charge in [-0.1, -0.05) is 25.8 Å². The van der Waals surface area contributed by atoms with E-state index < -0.39 is 0 Å². The van der Waals surface area contributed by atoms with E-state index in [0.29, 0.717) is 24.7 Å². The third-order valence-electron chi connectivity index (χ3n) is 5.26. The van der Waals surface area contributed by atoms with Gasteiger partial charge in [-0.15, -0.1) is 0 Å². The van der Waals surface area contributed by atoms with Gasteiger partial charge in [0.2, 0.25) is 0 Å². The lowest BCUT2D eigenvalue weighted by Crippen LogP contribution is -2.33. The highest BCUT2D eigenvalue weighted by Gasteiger charge is 2.32. The summed E-state index contributed by atoms with van der Waals surface area (Å²) < 4.78 is 11.3. The van der Waals surface area contributed by atoms with Crippen molar-refractivity contribution < 1.29 is 9.47 Å². The van der Waals surface area contributed by atoms with E-state index in [2.05, 4.69) is 31.3 Å². The fourth-order valence-electron chi connectivity index (χ4n) is 3.60. The zero-order valence-electron chi connectivity index (χ0n) is 13.3. The normalized spacial score (nSPS) is 21.2. The van der Waals surface area contributed by atoms with E-state index in [1.807, 2.05) is 6.07 Å². The van der Waals surface area contributed by atoms with E-state index in [9.17, 15) is 0 Å². The average Bonchev–Trinajstić information content (AvgIpc) is 3.01. The van der Waals surface area contributed by atoms with E-state index in [1.54, 1.807) is 0 Å². The SMILES string of the molecule is CCC1(CNC(C)c2ccc3c(c2)OCCO3)CCCC1. The molecule has 1 saturated carbocycles. The summed E-state index contributed by atoms with van der Waals surface area (Å²) in [6.07, 6.45) is 6.84. The second kappa shape index (κ2) is 6.27. The summed E-state index contributed by atoms with van der Waals surface area (Å²) in [7, 11) is 0. The minimum Gasteiger partial charge on any atom is -0.486 e. The van der Waals surface area contributed by atoms with Crippen molar-refractivity contribution in [1.29, 1.82) is 0 Å². The van der Waals surface area contributed by atoms with E-state index in [1.165, 1.54) is 37.7 Å². The monoisotopic (exact) mass is 289 g/mol. The molecular weight excluding hydrogens is 262 g/mol. The van der Waals surface area contributed by atoms with Crippen molar-refractivity contribution >= 4 is 0 Å². The predicted octanol–water partition coefficient (Wildman–Crippen LogP) is 4.08. The summed E-state index contributed by atoms with van der Waals surface area (Å²) in [4.78, 5) is 0. The van der Waals surface area contributed by atoms with Crippen molar-refractivity contribution in [2.45, 2.75) is 52.0 Å². The number of fused-ring (bicyclic) bond motifs is 1. The zero-order valence-corrected chi connectivity index (χ0v) is 13.3. The van der Waals surface area contributed by atoms with Gasteiger partial charge in [0, 0.05) is 12.6 Å². The number of nitrogens with one attached hydrogen (secondary N) is 1. The lowest BCUT2D eigenvalue weighted by Gasteiger charge is -2.30. The smallest absolute Gasteiger partial charge is 0.161 e. The quantitative estimate of drug-likeness (QED) is 0.886. The minimum atomic E-state index is 0.352. The molecule has 1 N–H and O–H groups in total. The van der Waals surface area contributed by atoms with Gasteiger partial charge < -0.3 is 14.8 Å². The van der Waals surface area contributed by atoms with Gasteiger partial charge in [0.05, 0.1) is 0 Å². The maximum atomic E-state index is 5.68. The standard InChI is InChI=1S/C18H27NO2/c1-3-18(8-4-5-9-18)13-19-14(2)15-6-7-16-17(12-15)21-11-10-20-16/h6-7,12,14,19H,3-5,8-11,13H2,1-2H3. The maximum Gasteiger partial charge on any atom is 0.161 e. The van der Waals surface area contributed by atoms with E-state index in [4.69, 9.17) is 9.47 Å². The third-order valence-corrected chi connectivity index (χ3v) is 5.26. The lowest BCUT2D eigenvalue weighted by molar-refractivity contribution is 0.171. The molecule has 0 amide bonds. The van der Waals surface area contributed by atoms with Crippen LogP contribution in [0.15, 0.2) is 18.2 Å². The van der Waals surface area contributed by atoms with Crippen LogP contribution in [0.3, 0.4) is 0 Å². The van der Waals surface area contributed by atoms with E-state index >= 15 is 0 Å². The minimum absolute atomic E-state index is 0.352. The molecule has 1 aliphatic carbocycles. The topological polar surface area (TPSA) is 30.5 Å². The Hall–Kier alpha value is -1.22. The zero-order chi connectivity index (χ0) is 14.7. The van der Waals surface area contributed by atoms with Crippen LogP contribution in [0.5, 0.6) is 11.5 Å². The third kappa shape index (κ3) is 3.18. The molecule has 1 aromatic rings. The van der Waals surface area contributed by atoms with Crippen molar-refractivity contribution in [3.05, 3.63) is 23.8 Å². The Kier molecular flexibility index (Phi) is 4.39. The van der Waals surface area contributed by atoms with Crippen molar-refractivity contribution in [3.63, 3.8) is 0 Å². The van der Waals surface area contributed by atoms with Crippen LogP contribution in [0.4, 0.5) is 0 Å². The lowest BCUT2D eigenvalue weighted by atomic mass is 9.83.